The van der Waals surface area contributed by atoms with Crippen molar-refractivity contribution in [3.8, 4) is 0 Å². The molecule has 0 aromatic heterocycles. The van der Waals surface area contributed by atoms with E-state index in [0.29, 0.717) is 17.7 Å². The lowest BCUT2D eigenvalue weighted by atomic mass is 9.70. The first-order valence-corrected chi connectivity index (χ1v) is 15.5. The number of carbonyl (C=O) groups excluding carboxylic acids is 1. The van der Waals surface area contributed by atoms with Gasteiger partial charge in [0.25, 0.3) is 10.1 Å². The maximum Gasteiger partial charge on any atom is 0.265 e. The standard InChI is InChI=1S/C28H36O8S2/c1-25(2)21-9-11-27(25,15-37-36-35-31)23(29)19(21)13-17-5-7-18(8-6-17)14-20-22-10-12-28(24(20)30,26(22,3)4)16-38(32,33)34/h5-8,13-14,21-23,29,31H,9-12,15-16H2,1-4H3,(H,32,33,34)/b19-13+,20-14+. The summed E-state index contributed by atoms with van der Waals surface area (Å²) in [6, 6.07) is 7.80. The van der Waals surface area contributed by atoms with E-state index in [1.807, 2.05) is 44.2 Å². The molecule has 4 bridgehead atoms. The second kappa shape index (κ2) is 9.26. The number of fused-ring (bicyclic) bond motifs is 4. The van der Waals surface area contributed by atoms with Crippen molar-refractivity contribution in [1.82, 2.24) is 0 Å². The van der Waals surface area contributed by atoms with Crippen LogP contribution in [0.3, 0.4) is 0 Å². The molecule has 208 valence electrons. The SMILES string of the molecule is CC1(C)C2CCC1(CS(=O)(=O)O)C(=O)/C2=C/c1ccc(/C=C2\C3CCC(CSOOO)(C2O)C3(C)C)cc1. The lowest BCUT2D eigenvalue weighted by molar-refractivity contribution is -0.432. The Morgan fingerprint density at radius 2 is 1.61 bits per heavy atom. The maximum absolute atomic E-state index is 13.5. The van der Waals surface area contributed by atoms with E-state index < -0.39 is 32.8 Å². The molecule has 0 saturated heterocycles. The number of benzene rings is 1. The summed E-state index contributed by atoms with van der Waals surface area (Å²) in [5.74, 6) is -0.0478. The lowest BCUT2D eigenvalue weighted by Gasteiger charge is -2.39. The molecule has 8 nitrogen and oxygen atoms in total. The number of hydrogen-bond donors (Lipinski definition) is 3. The molecule has 5 atom stereocenters. The van der Waals surface area contributed by atoms with Crippen LogP contribution in [0.2, 0.25) is 0 Å². The zero-order valence-electron chi connectivity index (χ0n) is 22.1. The second-order valence-corrected chi connectivity index (χ2v) is 14.8. The zero-order chi connectivity index (χ0) is 27.7. The number of allylic oxidation sites excluding steroid dienone is 1. The molecule has 0 heterocycles. The van der Waals surface area contributed by atoms with Gasteiger partial charge in [-0.05, 0) is 71.1 Å². The number of ketones is 1. The van der Waals surface area contributed by atoms with Crippen LogP contribution in [0.5, 0.6) is 0 Å². The second-order valence-electron chi connectivity index (χ2n) is 12.6. The van der Waals surface area contributed by atoms with Crippen LogP contribution in [0.15, 0.2) is 35.4 Å². The van der Waals surface area contributed by atoms with Gasteiger partial charge in [-0.1, -0.05) is 63.1 Å². The van der Waals surface area contributed by atoms with Gasteiger partial charge in [-0.15, -0.1) is 4.33 Å². The summed E-state index contributed by atoms with van der Waals surface area (Å²) in [6.45, 7) is 8.21. The molecule has 1 aromatic rings. The normalized spacial score (nSPS) is 37.1. The molecule has 4 fully saturated rings. The summed E-state index contributed by atoms with van der Waals surface area (Å²) >= 11 is 0.999. The lowest BCUT2D eigenvalue weighted by Crippen LogP contribution is -2.42. The molecule has 5 rings (SSSR count). The Labute approximate surface area is 228 Å². The van der Waals surface area contributed by atoms with Crippen LogP contribution in [0.4, 0.5) is 0 Å². The van der Waals surface area contributed by atoms with E-state index in [1.54, 1.807) is 0 Å². The third-order valence-electron chi connectivity index (χ3n) is 10.7. The molecule has 5 unspecified atom stereocenters. The van der Waals surface area contributed by atoms with Gasteiger partial charge in [-0.2, -0.15) is 8.42 Å². The van der Waals surface area contributed by atoms with Gasteiger partial charge in [-0.25, -0.2) is 5.26 Å². The third kappa shape index (κ3) is 3.98. The Morgan fingerprint density at radius 1 is 1.00 bits per heavy atom. The molecular weight excluding hydrogens is 528 g/mol. The van der Waals surface area contributed by atoms with Crippen molar-refractivity contribution in [3.05, 3.63) is 46.5 Å². The minimum absolute atomic E-state index is 0.0563. The number of Topliss-reactive ketones (excluding diaryl/α,β-unsaturated/α-hetero) is 1. The van der Waals surface area contributed by atoms with Crippen LogP contribution in [0.1, 0.15) is 64.5 Å². The minimum atomic E-state index is -4.30. The quantitative estimate of drug-likeness (QED) is 0.0972. The van der Waals surface area contributed by atoms with Crippen LogP contribution in [0.25, 0.3) is 12.2 Å². The topological polar surface area (TPSA) is 130 Å². The highest BCUT2D eigenvalue weighted by Crippen LogP contribution is 2.69. The Hall–Kier alpha value is -1.53. The first-order chi connectivity index (χ1) is 17.7. The van der Waals surface area contributed by atoms with Gasteiger partial charge in [0.15, 0.2) is 5.78 Å². The highest BCUT2D eigenvalue weighted by atomic mass is 32.2. The number of hydrogen-bond acceptors (Lipinski definition) is 8. The van der Waals surface area contributed by atoms with Crippen LogP contribution >= 0.6 is 12.0 Å². The Balaban J connectivity index is 1.40. The van der Waals surface area contributed by atoms with Crippen LogP contribution in [-0.4, -0.2) is 46.7 Å². The molecule has 3 N–H and O–H groups in total. The van der Waals surface area contributed by atoms with Crippen LogP contribution in [-0.2, 0) is 24.3 Å². The smallest absolute Gasteiger partial charge is 0.265 e. The molecule has 4 aliphatic rings. The summed E-state index contributed by atoms with van der Waals surface area (Å²) < 4.78 is 37.8. The molecule has 0 amide bonds. The maximum atomic E-state index is 13.5. The monoisotopic (exact) mass is 564 g/mol. The Morgan fingerprint density at radius 3 is 2.21 bits per heavy atom. The van der Waals surface area contributed by atoms with Gasteiger partial charge in [0, 0.05) is 28.8 Å². The van der Waals surface area contributed by atoms with E-state index in [9.17, 15) is 22.9 Å². The first-order valence-electron chi connectivity index (χ1n) is 13.0. The van der Waals surface area contributed by atoms with E-state index in [1.165, 1.54) is 0 Å². The summed E-state index contributed by atoms with van der Waals surface area (Å²) in [7, 11) is -4.30. The van der Waals surface area contributed by atoms with Crippen molar-refractivity contribution >= 4 is 40.1 Å². The molecule has 38 heavy (non-hydrogen) atoms. The molecular formula is C28H36O8S2. The Kier molecular flexibility index (Phi) is 6.83. The fraction of sp³-hybridized carbons (Fsp3) is 0.607. The largest absolute Gasteiger partial charge is 0.388 e. The van der Waals surface area contributed by atoms with E-state index >= 15 is 0 Å². The summed E-state index contributed by atoms with van der Waals surface area (Å²) in [5.41, 5.74) is 1.25. The molecule has 4 aliphatic carbocycles. The van der Waals surface area contributed by atoms with Gasteiger partial charge in [0.2, 0.25) is 0 Å². The van der Waals surface area contributed by atoms with Crippen LogP contribution < -0.4 is 0 Å². The van der Waals surface area contributed by atoms with Gasteiger partial charge in [0.05, 0.1) is 17.3 Å². The van der Waals surface area contributed by atoms with Gasteiger partial charge >= 0.3 is 0 Å². The number of aliphatic hydroxyl groups excluding tert-OH is 1. The molecule has 1 aromatic carbocycles. The number of aliphatic hydroxyl groups is 1. The number of carbonyl (C=O) groups is 1. The molecule has 0 aliphatic heterocycles. The Bertz CT molecular complexity index is 1300. The van der Waals surface area contributed by atoms with Crippen LogP contribution in [0, 0.1) is 33.5 Å². The van der Waals surface area contributed by atoms with E-state index in [-0.39, 0.29) is 28.4 Å². The summed E-state index contributed by atoms with van der Waals surface area (Å²) in [6.07, 6.45) is 6.28. The summed E-state index contributed by atoms with van der Waals surface area (Å²) in [4.78, 5) is 13.5. The van der Waals surface area contributed by atoms with E-state index in [2.05, 4.69) is 29.3 Å². The first kappa shape index (κ1) is 28.0. The molecule has 0 spiro atoms. The summed E-state index contributed by atoms with van der Waals surface area (Å²) in [5, 5.41) is 23.6. The van der Waals surface area contributed by atoms with Crippen molar-refractivity contribution in [1.29, 1.82) is 0 Å². The average Bonchev–Trinajstić information content (AvgIpc) is 3.34. The zero-order valence-corrected chi connectivity index (χ0v) is 23.8. The van der Waals surface area contributed by atoms with E-state index in [4.69, 9.17) is 5.26 Å². The highest BCUT2D eigenvalue weighted by molar-refractivity contribution is 7.94. The predicted octanol–water partition coefficient (Wildman–Crippen LogP) is 5.21. The van der Waals surface area contributed by atoms with Gasteiger partial charge in [-0.3, -0.25) is 9.35 Å². The van der Waals surface area contributed by atoms with Gasteiger partial charge in [0.1, 0.15) is 0 Å². The molecule has 0 radical (unpaired) electrons. The predicted molar refractivity (Wildman–Crippen MR) is 145 cm³/mol. The number of rotatable bonds is 8. The van der Waals surface area contributed by atoms with Crippen molar-refractivity contribution in [3.63, 3.8) is 0 Å². The van der Waals surface area contributed by atoms with Crippen molar-refractivity contribution in [2.45, 2.75) is 59.5 Å². The third-order valence-corrected chi connectivity index (χ3v) is 12.4. The van der Waals surface area contributed by atoms with Crippen molar-refractivity contribution < 1.29 is 37.5 Å². The van der Waals surface area contributed by atoms with Crippen molar-refractivity contribution in [2.75, 3.05) is 11.5 Å². The van der Waals surface area contributed by atoms with Gasteiger partial charge < -0.3 is 5.11 Å². The van der Waals surface area contributed by atoms with E-state index in [0.717, 1.165) is 48.0 Å². The minimum Gasteiger partial charge on any atom is -0.388 e. The molecule has 10 heteroatoms. The van der Waals surface area contributed by atoms with Crippen molar-refractivity contribution in [2.24, 2.45) is 33.5 Å². The fourth-order valence-electron chi connectivity index (χ4n) is 8.34. The highest BCUT2D eigenvalue weighted by Gasteiger charge is 2.68. The molecule has 4 saturated carbocycles. The fourth-order valence-corrected chi connectivity index (χ4v) is 10.6. The average molecular weight is 565 g/mol.